The molecule has 0 atom stereocenters. The zero-order chi connectivity index (χ0) is 10.1. The van der Waals surface area contributed by atoms with Gasteiger partial charge >= 0.3 is 0 Å². The molecular formula is C9H20N2O2. The SMILES string of the molecule is CC(C)COCCOCCC(=N)N. The normalized spacial score (nSPS) is 10.7. The van der Waals surface area contributed by atoms with Crippen molar-refractivity contribution in [2.24, 2.45) is 11.7 Å². The van der Waals surface area contributed by atoms with Crippen molar-refractivity contribution in [1.29, 1.82) is 5.41 Å². The van der Waals surface area contributed by atoms with Gasteiger partial charge in [-0.2, -0.15) is 0 Å². The molecule has 3 N–H and O–H groups in total. The highest BCUT2D eigenvalue weighted by Crippen LogP contribution is 1.92. The average Bonchev–Trinajstić information content (AvgIpc) is 2.01. The first-order valence-corrected chi connectivity index (χ1v) is 4.61. The van der Waals surface area contributed by atoms with Crippen LogP contribution in [0.4, 0.5) is 0 Å². The van der Waals surface area contributed by atoms with Gasteiger partial charge in [-0.1, -0.05) is 13.8 Å². The Labute approximate surface area is 79.9 Å². The van der Waals surface area contributed by atoms with Gasteiger partial charge in [-0.15, -0.1) is 0 Å². The molecule has 0 saturated carbocycles. The van der Waals surface area contributed by atoms with E-state index in [1.807, 2.05) is 0 Å². The second-order valence-electron chi connectivity index (χ2n) is 3.36. The number of nitrogens with two attached hydrogens (primary N) is 1. The zero-order valence-corrected chi connectivity index (χ0v) is 8.51. The van der Waals surface area contributed by atoms with Crippen molar-refractivity contribution in [2.45, 2.75) is 20.3 Å². The average molecular weight is 188 g/mol. The lowest BCUT2D eigenvalue weighted by Crippen LogP contribution is -2.14. The van der Waals surface area contributed by atoms with Gasteiger partial charge in [0.2, 0.25) is 0 Å². The molecule has 0 unspecified atom stereocenters. The van der Waals surface area contributed by atoms with Crippen molar-refractivity contribution in [3.63, 3.8) is 0 Å². The van der Waals surface area contributed by atoms with Crippen LogP contribution >= 0.6 is 0 Å². The molecule has 78 valence electrons. The number of hydrogen-bond donors (Lipinski definition) is 2. The molecular weight excluding hydrogens is 168 g/mol. The lowest BCUT2D eigenvalue weighted by atomic mass is 10.2. The van der Waals surface area contributed by atoms with Crippen molar-refractivity contribution in [1.82, 2.24) is 0 Å². The van der Waals surface area contributed by atoms with Crippen LogP contribution in [0.3, 0.4) is 0 Å². The molecule has 0 fully saturated rings. The van der Waals surface area contributed by atoms with Crippen molar-refractivity contribution in [3.8, 4) is 0 Å². The minimum Gasteiger partial charge on any atom is -0.388 e. The lowest BCUT2D eigenvalue weighted by molar-refractivity contribution is 0.0400. The molecule has 0 amide bonds. The number of nitrogens with one attached hydrogen (secondary N) is 1. The fraction of sp³-hybridized carbons (Fsp3) is 0.889. The third kappa shape index (κ3) is 11.4. The second-order valence-corrected chi connectivity index (χ2v) is 3.36. The summed E-state index contributed by atoms with van der Waals surface area (Å²) in [6, 6.07) is 0. The van der Waals surface area contributed by atoms with Crippen LogP contribution in [0, 0.1) is 11.3 Å². The summed E-state index contributed by atoms with van der Waals surface area (Å²) in [5, 5.41) is 6.93. The summed E-state index contributed by atoms with van der Waals surface area (Å²) < 4.78 is 10.5. The monoisotopic (exact) mass is 188 g/mol. The summed E-state index contributed by atoms with van der Waals surface area (Å²) in [5.74, 6) is 0.736. The molecule has 0 bridgehead atoms. The third-order valence-corrected chi connectivity index (χ3v) is 1.34. The standard InChI is InChI=1S/C9H20N2O2/c1-8(2)7-13-6-5-12-4-3-9(10)11/h8H,3-7H2,1-2H3,(H3,10,11). The largest absolute Gasteiger partial charge is 0.388 e. The van der Waals surface area contributed by atoms with E-state index >= 15 is 0 Å². The van der Waals surface area contributed by atoms with Gasteiger partial charge in [-0.05, 0) is 5.92 Å². The first kappa shape index (κ1) is 12.4. The fourth-order valence-electron chi connectivity index (χ4n) is 0.721. The molecule has 0 spiro atoms. The predicted octanol–water partition coefficient (Wildman–Crippen LogP) is 1.00. The van der Waals surface area contributed by atoms with Crippen LogP contribution in [0.1, 0.15) is 20.3 Å². The first-order valence-electron chi connectivity index (χ1n) is 4.61. The van der Waals surface area contributed by atoms with E-state index in [2.05, 4.69) is 13.8 Å². The predicted molar refractivity (Wildman–Crippen MR) is 53.0 cm³/mol. The van der Waals surface area contributed by atoms with E-state index in [1.165, 1.54) is 0 Å². The fourth-order valence-corrected chi connectivity index (χ4v) is 0.721. The van der Waals surface area contributed by atoms with Gasteiger partial charge in [0.25, 0.3) is 0 Å². The highest BCUT2D eigenvalue weighted by Gasteiger charge is 1.94. The van der Waals surface area contributed by atoms with Gasteiger partial charge < -0.3 is 15.2 Å². The molecule has 0 aliphatic heterocycles. The molecule has 0 saturated heterocycles. The molecule has 0 rings (SSSR count). The van der Waals surface area contributed by atoms with Crippen LogP contribution in [0.15, 0.2) is 0 Å². The van der Waals surface area contributed by atoms with Gasteiger partial charge in [0, 0.05) is 13.0 Å². The molecule has 0 radical (unpaired) electrons. The Hall–Kier alpha value is -0.610. The van der Waals surface area contributed by atoms with E-state index in [0.29, 0.717) is 32.2 Å². The van der Waals surface area contributed by atoms with E-state index in [1.54, 1.807) is 0 Å². The third-order valence-electron chi connectivity index (χ3n) is 1.34. The van der Waals surface area contributed by atoms with Crippen LogP contribution in [0.5, 0.6) is 0 Å². The van der Waals surface area contributed by atoms with Crippen LogP contribution < -0.4 is 5.73 Å². The summed E-state index contributed by atoms with van der Waals surface area (Å²) in [6.45, 7) is 6.71. The first-order chi connectivity index (χ1) is 6.13. The molecule has 13 heavy (non-hydrogen) atoms. The maximum atomic E-state index is 6.93. The van der Waals surface area contributed by atoms with Gasteiger partial charge in [0.05, 0.1) is 25.7 Å². The Morgan fingerprint density at radius 1 is 1.23 bits per heavy atom. The summed E-state index contributed by atoms with van der Waals surface area (Å²) in [4.78, 5) is 0. The number of amidine groups is 1. The lowest BCUT2D eigenvalue weighted by Gasteiger charge is -2.06. The summed E-state index contributed by atoms with van der Waals surface area (Å²) in [6.07, 6.45) is 0.504. The van der Waals surface area contributed by atoms with E-state index in [4.69, 9.17) is 20.6 Å². The molecule has 0 aromatic heterocycles. The highest BCUT2D eigenvalue weighted by atomic mass is 16.5. The number of hydrogen-bond acceptors (Lipinski definition) is 3. The van der Waals surface area contributed by atoms with E-state index in [9.17, 15) is 0 Å². The van der Waals surface area contributed by atoms with Gasteiger partial charge in [0.1, 0.15) is 0 Å². The van der Waals surface area contributed by atoms with Crippen molar-refractivity contribution < 1.29 is 9.47 Å². The minimum absolute atomic E-state index is 0.170. The molecule has 0 aliphatic carbocycles. The number of ether oxygens (including phenoxy) is 2. The molecule has 0 aromatic carbocycles. The van der Waals surface area contributed by atoms with Gasteiger partial charge in [0.15, 0.2) is 0 Å². The molecule has 4 nitrogen and oxygen atoms in total. The second kappa shape index (κ2) is 8.01. The summed E-state index contributed by atoms with van der Waals surface area (Å²) >= 11 is 0. The van der Waals surface area contributed by atoms with Crippen molar-refractivity contribution >= 4 is 5.84 Å². The smallest absolute Gasteiger partial charge is 0.0928 e. The zero-order valence-electron chi connectivity index (χ0n) is 8.51. The van der Waals surface area contributed by atoms with Gasteiger partial charge in [-0.25, -0.2) is 0 Å². The molecule has 4 heteroatoms. The van der Waals surface area contributed by atoms with Crippen LogP contribution in [0.2, 0.25) is 0 Å². The Morgan fingerprint density at radius 2 is 1.85 bits per heavy atom. The highest BCUT2D eigenvalue weighted by molar-refractivity contribution is 5.76. The van der Waals surface area contributed by atoms with Crippen LogP contribution in [-0.2, 0) is 9.47 Å². The van der Waals surface area contributed by atoms with E-state index < -0.39 is 0 Å². The van der Waals surface area contributed by atoms with Crippen LogP contribution in [0.25, 0.3) is 0 Å². The Morgan fingerprint density at radius 3 is 2.38 bits per heavy atom. The molecule has 0 aliphatic rings. The topological polar surface area (TPSA) is 68.3 Å². The Kier molecular flexibility index (Phi) is 7.63. The Balaban J connectivity index is 2.96. The summed E-state index contributed by atoms with van der Waals surface area (Å²) in [5.41, 5.74) is 5.15. The minimum atomic E-state index is 0.170. The maximum absolute atomic E-state index is 6.93. The van der Waals surface area contributed by atoms with Crippen LogP contribution in [-0.4, -0.2) is 32.3 Å². The summed E-state index contributed by atoms with van der Waals surface area (Å²) in [7, 11) is 0. The maximum Gasteiger partial charge on any atom is 0.0928 e. The Bertz CT molecular complexity index is 138. The van der Waals surface area contributed by atoms with Crippen molar-refractivity contribution in [3.05, 3.63) is 0 Å². The van der Waals surface area contributed by atoms with E-state index in [-0.39, 0.29) is 5.84 Å². The van der Waals surface area contributed by atoms with Gasteiger partial charge in [-0.3, -0.25) is 5.41 Å². The quantitative estimate of drug-likeness (QED) is 0.339. The molecule has 0 aromatic rings. The van der Waals surface area contributed by atoms with Crippen molar-refractivity contribution in [2.75, 3.05) is 26.4 Å². The molecule has 0 heterocycles. The number of rotatable bonds is 8. The van der Waals surface area contributed by atoms with E-state index in [0.717, 1.165) is 6.61 Å².